The number of guanidine groups is 1. The minimum Gasteiger partial charge on any atom is -0.454 e. The average Bonchev–Trinajstić information content (AvgIpc) is 3.25. The first-order valence-corrected chi connectivity index (χ1v) is 8.44. The van der Waals surface area contributed by atoms with Gasteiger partial charge in [0.25, 0.3) is 0 Å². The molecule has 0 spiro atoms. The largest absolute Gasteiger partial charge is 0.454 e. The monoisotopic (exact) mass is 328 g/mol. The van der Waals surface area contributed by atoms with Gasteiger partial charge in [-0.2, -0.15) is 0 Å². The van der Waals surface area contributed by atoms with Gasteiger partial charge in [0.2, 0.25) is 6.79 Å². The Morgan fingerprint density at radius 3 is 2.96 bits per heavy atom. The van der Waals surface area contributed by atoms with Crippen LogP contribution in [0.4, 0.5) is 0 Å². The molecule has 0 amide bonds. The Bertz CT molecular complexity index is 748. The van der Waals surface area contributed by atoms with E-state index in [0.29, 0.717) is 6.79 Å². The maximum atomic E-state index is 5.45. The quantitative estimate of drug-likeness (QED) is 0.771. The molecule has 0 bridgehead atoms. The molecule has 4 rings (SSSR count). The third-order valence-corrected chi connectivity index (χ3v) is 4.84. The maximum Gasteiger partial charge on any atom is 0.343 e. The highest BCUT2D eigenvalue weighted by Crippen LogP contribution is 2.38. The van der Waals surface area contributed by atoms with Crippen molar-refractivity contribution in [1.29, 1.82) is 0 Å². The van der Waals surface area contributed by atoms with E-state index in [1.165, 1.54) is 10.5 Å². The van der Waals surface area contributed by atoms with Gasteiger partial charge in [0.15, 0.2) is 11.5 Å². The highest BCUT2D eigenvalue weighted by molar-refractivity contribution is 7.99. The predicted molar refractivity (Wildman–Crippen MR) is 88.8 cm³/mol. The minimum absolute atomic E-state index is 0.308. The van der Waals surface area contributed by atoms with Crippen molar-refractivity contribution in [3.05, 3.63) is 48.0 Å². The number of fused-ring (bicyclic) bond motifs is 1. The standard InChI is InChI=1S/C17H17N3O2S/c1-2-4-16(12(3-1)10-20-17-18-7-8-19-17)23-13-5-6-14-15(9-13)22-11-21-14/h1-6,9H,7-8,10-11H2,(H2,18,19,20)/p+1. The van der Waals surface area contributed by atoms with Crippen LogP contribution >= 0.6 is 11.8 Å². The molecular formula is C17H18N3O2S+. The average molecular weight is 328 g/mol. The Kier molecular flexibility index (Phi) is 3.98. The van der Waals surface area contributed by atoms with Gasteiger partial charge in [0.1, 0.15) is 0 Å². The van der Waals surface area contributed by atoms with E-state index in [9.17, 15) is 0 Å². The normalized spacial score (nSPS) is 15.2. The molecule has 3 N–H and O–H groups in total. The molecule has 6 heteroatoms. The molecule has 2 aromatic rings. The third kappa shape index (κ3) is 3.22. The molecule has 0 saturated heterocycles. The number of rotatable bonds is 4. The van der Waals surface area contributed by atoms with Gasteiger partial charge < -0.3 is 9.47 Å². The van der Waals surface area contributed by atoms with Crippen molar-refractivity contribution in [2.75, 3.05) is 19.9 Å². The van der Waals surface area contributed by atoms with Crippen LogP contribution in [0.25, 0.3) is 0 Å². The van der Waals surface area contributed by atoms with Crippen molar-refractivity contribution in [2.24, 2.45) is 0 Å². The van der Waals surface area contributed by atoms with Crippen LogP contribution in [0.3, 0.4) is 0 Å². The highest BCUT2D eigenvalue weighted by atomic mass is 32.2. The Labute approximate surface area is 139 Å². The maximum absolute atomic E-state index is 5.45. The van der Waals surface area contributed by atoms with Crippen LogP contribution in [0.5, 0.6) is 11.5 Å². The summed E-state index contributed by atoms with van der Waals surface area (Å²) in [4.78, 5) is 5.66. The lowest BCUT2D eigenvalue weighted by atomic mass is 10.2. The predicted octanol–water partition coefficient (Wildman–Crippen LogP) is 0.696. The highest BCUT2D eigenvalue weighted by Gasteiger charge is 2.15. The Morgan fingerprint density at radius 1 is 1.13 bits per heavy atom. The van der Waals surface area contributed by atoms with Gasteiger partial charge in [-0.05, 0) is 29.8 Å². The zero-order valence-corrected chi connectivity index (χ0v) is 13.4. The molecule has 2 aliphatic heterocycles. The number of benzene rings is 2. The third-order valence-electron chi connectivity index (χ3n) is 3.73. The molecule has 0 saturated carbocycles. The zero-order chi connectivity index (χ0) is 15.5. The fourth-order valence-electron chi connectivity index (χ4n) is 2.56. The first-order valence-electron chi connectivity index (χ1n) is 7.62. The number of hydrogen-bond acceptors (Lipinski definition) is 5. The minimum atomic E-state index is 0.308. The van der Waals surface area contributed by atoms with E-state index in [1.54, 1.807) is 11.8 Å². The van der Waals surface area contributed by atoms with Crippen molar-refractivity contribution >= 4 is 17.7 Å². The van der Waals surface area contributed by atoms with Gasteiger partial charge in [-0.15, -0.1) is 0 Å². The van der Waals surface area contributed by atoms with Crippen molar-refractivity contribution in [3.63, 3.8) is 0 Å². The molecule has 2 aromatic carbocycles. The van der Waals surface area contributed by atoms with Crippen LogP contribution in [0.2, 0.25) is 0 Å². The second kappa shape index (κ2) is 6.42. The summed E-state index contributed by atoms with van der Waals surface area (Å²) in [6.07, 6.45) is 0. The lowest BCUT2D eigenvalue weighted by Crippen LogP contribution is -2.73. The Morgan fingerprint density at radius 2 is 2.04 bits per heavy atom. The number of ether oxygens (including phenoxy) is 2. The van der Waals surface area contributed by atoms with E-state index < -0.39 is 0 Å². The number of nitrogens with one attached hydrogen (secondary N) is 3. The summed E-state index contributed by atoms with van der Waals surface area (Å²) in [6.45, 7) is 3.03. The van der Waals surface area contributed by atoms with Gasteiger partial charge in [0.05, 0.1) is 19.6 Å². The molecule has 0 unspecified atom stereocenters. The van der Waals surface area contributed by atoms with E-state index in [4.69, 9.17) is 9.47 Å². The molecule has 0 aromatic heterocycles. The van der Waals surface area contributed by atoms with Crippen LogP contribution in [-0.4, -0.2) is 25.8 Å². The van der Waals surface area contributed by atoms with E-state index in [0.717, 1.165) is 42.0 Å². The van der Waals surface area contributed by atoms with E-state index in [2.05, 4.69) is 46.0 Å². The lowest BCUT2D eigenvalue weighted by molar-refractivity contribution is -0.446. The van der Waals surface area contributed by atoms with Crippen molar-refractivity contribution in [2.45, 2.75) is 16.3 Å². The van der Waals surface area contributed by atoms with Crippen LogP contribution < -0.4 is 25.1 Å². The van der Waals surface area contributed by atoms with E-state index in [-0.39, 0.29) is 0 Å². The van der Waals surface area contributed by atoms with Crippen molar-refractivity contribution in [3.8, 4) is 11.5 Å². The topological polar surface area (TPSA) is 56.5 Å². The van der Waals surface area contributed by atoms with Gasteiger partial charge in [0, 0.05) is 9.79 Å². The van der Waals surface area contributed by atoms with Gasteiger partial charge in [-0.1, -0.05) is 30.0 Å². The molecule has 23 heavy (non-hydrogen) atoms. The van der Waals surface area contributed by atoms with Crippen molar-refractivity contribution < 1.29 is 14.5 Å². The first kappa shape index (κ1) is 14.3. The molecule has 0 aliphatic carbocycles. The summed E-state index contributed by atoms with van der Waals surface area (Å²) in [5.74, 6) is 2.65. The molecule has 5 nitrogen and oxygen atoms in total. The summed E-state index contributed by atoms with van der Waals surface area (Å²) >= 11 is 1.74. The fourth-order valence-corrected chi connectivity index (χ4v) is 3.54. The Hall–Kier alpha value is -2.34. The second-order valence-corrected chi connectivity index (χ2v) is 6.42. The summed E-state index contributed by atoms with van der Waals surface area (Å²) in [6, 6.07) is 14.5. The van der Waals surface area contributed by atoms with Crippen LogP contribution in [0.1, 0.15) is 5.56 Å². The lowest BCUT2D eigenvalue weighted by Gasteiger charge is -2.09. The molecule has 0 radical (unpaired) electrons. The van der Waals surface area contributed by atoms with Crippen LogP contribution in [0, 0.1) is 0 Å². The Balaban J connectivity index is 1.50. The molecule has 2 aliphatic rings. The van der Waals surface area contributed by atoms with E-state index in [1.807, 2.05) is 12.1 Å². The number of hydrogen-bond donors (Lipinski definition) is 3. The van der Waals surface area contributed by atoms with Crippen molar-refractivity contribution in [1.82, 2.24) is 10.6 Å². The second-order valence-electron chi connectivity index (χ2n) is 5.31. The summed E-state index contributed by atoms with van der Waals surface area (Å²) < 4.78 is 10.8. The van der Waals surface area contributed by atoms with Crippen LogP contribution in [0.15, 0.2) is 52.3 Å². The smallest absolute Gasteiger partial charge is 0.343 e. The fraction of sp³-hybridized carbons (Fsp3) is 0.235. The molecular weight excluding hydrogens is 310 g/mol. The first-order chi connectivity index (χ1) is 11.4. The van der Waals surface area contributed by atoms with Gasteiger partial charge >= 0.3 is 5.96 Å². The van der Waals surface area contributed by atoms with Gasteiger partial charge in [-0.25, -0.2) is 0 Å². The van der Waals surface area contributed by atoms with E-state index >= 15 is 0 Å². The molecule has 0 atom stereocenters. The molecule has 118 valence electrons. The summed E-state index contributed by atoms with van der Waals surface area (Å²) in [5, 5.41) is 6.68. The molecule has 0 fully saturated rings. The summed E-state index contributed by atoms with van der Waals surface area (Å²) in [7, 11) is 0. The molecule has 2 heterocycles. The van der Waals surface area contributed by atoms with Crippen LogP contribution in [-0.2, 0) is 6.54 Å². The summed E-state index contributed by atoms with van der Waals surface area (Å²) in [5.41, 5.74) is 1.26. The van der Waals surface area contributed by atoms with Gasteiger partial charge in [-0.3, -0.25) is 15.6 Å². The zero-order valence-electron chi connectivity index (χ0n) is 12.6. The SMILES string of the molecule is c1ccc(Sc2ccc3c(c2)OCO3)c(CNC2=[NH+]CCN2)c1.